The lowest BCUT2D eigenvalue weighted by molar-refractivity contribution is 0.405. The van der Waals surface area contributed by atoms with Gasteiger partial charge in [0.05, 0.1) is 31.1 Å². The van der Waals surface area contributed by atoms with Gasteiger partial charge in [0.15, 0.2) is 5.82 Å². The SMILES string of the molecule is COc1cc(Nc2cnnc(N3c4ccccc4CC3C)n2)c(OC)cc1Cl. The van der Waals surface area contributed by atoms with E-state index in [1.807, 2.05) is 12.1 Å². The molecule has 0 radical (unpaired) electrons. The molecule has 7 nitrogen and oxygen atoms in total. The van der Waals surface area contributed by atoms with E-state index in [-0.39, 0.29) is 6.04 Å². The van der Waals surface area contributed by atoms with Crippen molar-refractivity contribution in [2.45, 2.75) is 19.4 Å². The van der Waals surface area contributed by atoms with Crippen molar-refractivity contribution in [1.29, 1.82) is 0 Å². The number of aromatic nitrogens is 3. The van der Waals surface area contributed by atoms with Gasteiger partial charge in [0.25, 0.3) is 5.95 Å². The normalized spacial score (nSPS) is 15.3. The first kappa shape index (κ1) is 18.3. The number of rotatable bonds is 5. The summed E-state index contributed by atoms with van der Waals surface area (Å²) in [7, 11) is 3.14. The fourth-order valence-corrected chi connectivity index (χ4v) is 3.65. The number of hydrogen-bond donors (Lipinski definition) is 1. The maximum atomic E-state index is 6.18. The van der Waals surface area contributed by atoms with E-state index in [0.717, 1.165) is 12.1 Å². The van der Waals surface area contributed by atoms with E-state index >= 15 is 0 Å². The van der Waals surface area contributed by atoms with E-state index in [9.17, 15) is 0 Å². The molecule has 0 bridgehead atoms. The van der Waals surface area contributed by atoms with Gasteiger partial charge in [0.1, 0.15) is 11.5 Å². The van der Waals surface area contributed by atoms with Crippen LogP contribution in [0, 0.1) is 0 Å². The number of nitrogens with one attached hydrogen (secondary N) is 1. The highest BCUT2D eigenvalue weighted by Gasteiger charge is 2.29. The van der Waals surface area contributed by atoms with Gasteiger partial charge in [0, 0.05) is 23.9 Å². The van der Waals surface area contributed by atoms with Crippen LogP contribution < -0.4 is 19.7 Å². The molecule has 2 heterocycles. The van der Waals surface area contributed by atoms with Crippen LogP contribution in [0.25, 0.3) is 0 Å². The summed E-state index contributed by atoms with van der Waals surface area (Å²) < 4.78 is 10.7. The third-order valence-corrected chi connectivity index (χ3v) is 5.00. The van der Waals surface area contributed by atoms with Crippen LogP contribution in [-0.2, 0) is 6.42 Å². The number of fused-ring (bicyclic) bond motifs is 1. The average molecular weight is 398 g/mol. The highest BCUT2D eigenvalue weighted by atomic mass is 35.5. The third kappa shape index (κ3) is 3.29. The number of nitrogens with zero attached hydrogens (tertiary/aromatic N) is 4. The second-order valence-corrected chi connectivity index (χ2v) is 6.91. The first-order valence-electron chi connectivity index (χ1n) is 8.86. The first-order chi connectivity index (χ1) is 13.6. The molecule has 2 aromatic carbocycles. The molecule has 0 saturated carbocycles. The summed E-state index contributed by atoms with van der Waals surface area (Å²) in [6.45, 7) is 2.15. The number of hydrogen-bond acceptors (Lipinski definition) is 7. The van der Waals surface area contributed by atoms with Crippen molar-refractivity contribution in [3.63, 3.8) is 0 Å². The van der Waals surface area contributed by atoms with Crippen molar-refractivity contribution in [2.75, 3.05) is 24.4 Å². The van der Waals surface area contributed by atoms with Crippen molar-refractivity contribution in [2.24, 2.45) is 0 Å². The van der Waals surface area contributed by atoms with Gasteiger partial charge in [-0.1, -0.05) is 29.8 Å². The van der Waals surface area contributed by atoms with Crippen LogP contribution in [0.5, 0.6) is 11.5 Å². The Bertz CT molecular complexity index is 1010. The largest absolute Gasteiger partial charge is 0.495 e. The second kappa shape index (κ2) is 7.52. The van der Waals surface area contributed by atoms with E-state index in [1.165, 1.54) is 5.56 Å². The van der Waals surface area contributed by atoms with Crippen LogP contribution in [0.2, 0.25) is 5.02 Å². The minimum Gasteiger partial charge on any atom is -0.495 e. The number of benzene rings is 2. The number of para-hydroxylation sites is 1. The Labute approximate surface area is 168 Å². The Morgan fingerprint density at radius 3 is 2.71 bits per heavy atom. The van der Waals surface area contributed by atoms with Gasteiger partial charge >= 0.3 is 0 Å². The molecule has 0 fully saturated rings. The topological polar surface area (TPSA) is 72.4 Å². The zero-order valence-electron chi connectivity index (χ0n) is 15.8. The molecule has 144 valence electrons. The summed E-state index contributed by atoms with van der Waals surface area (Å²) in [4.78, 5) is 6.77. The molecular weight excluding hydrogens is 378 g/mol. The van der Waals surface area contributed by atoms with E-state index in [2.05, 4.69) is 44.5 Å². The molecule has 0 spiro atoms. The molecule has 0 saturated heterocycles. The smallest absolute Gasteiger partial charge is 0.252 e. The fraction of sp³-hybridized carbons (Fsp3) is 0.250. The molecule has 8 heteroatoms. The Morgan fingerprint density at radius 2 is 1.93 bits per heavy atom. The predicted molar refractivity (Wildman–Crippen MR) is 109 cm³/mol. The van der Waals surface area contributed by atoms with Gasteiger partial charge in [-0.2, -0.15) is 10.1 Å². The zero-order chi connectivity index (χ0) is 19.7. The van der Waals surface area contributed by atoms with Crippen LogP contribution in [0.1, 0.15) is 12.5 Å². The van der Waals surface area contributed by atoms with Crippen LogP contribution >= 0.6 is 11.6 Å². The standard InChI is InChI=1S/C20H20ClN5O2/c1-12-8-13-6-4-5-7-16(13)26(12)20-24-19(11-22-25-20)23-15-10-17(27-2)14(21)9-18(15)28-3/h4-7,9-12H,8H2,1-3H3,(H,23,24,25). The minimum atomic E-state index is 0.250. The van der Waals surface area contributed by atoms with Gasteiger partial charge in [-0.3, -0.25) is 0 Å². The van der Waals surface area contributed by atoms with Gasteiger partial charge < -0.3 is 19.7 Å². The quantitative estimate of drug-likeness (QED) is 0.685. The highest BCUT2D eigenvalue weighted by molar-refractivity contribution is 6.32. The van der Waals surface area contributed by atoms with Crippen LogP contribution in [0.15, 0.2) is 42.6 Å². The summed E-state index contributed by atoms with van der Waals surface area (Å²) >= 11 is 6.18. The number of halogens is 1. The van der Waals surface area contributed by atoms with Gasteiger partial charge in [0.2, 0.25) is 0 Å². The molecule has 1 aromatic heterocycles. The predicted octanol–water partition coefficient (Wildman–Crippen LogP) is 4.37. The minimum absolute atomic E-state index is 0.250. The van der Waals surface area contributed by atoms with E-state index in [4.69, 9.17) is 21.1 Å². The molecule has 1 unspecified atom stereocenters. The number of anilines is 4. The van der Waals surface area contributed by atoms with Crippen LogP contribution in [-0.4, -0.2) is 35.4 Å². The summed E-state index contributed by atoms with van der Waals surface area (Å²) in [5, 5.41) is 12.1. The Balaban J connectivity index is 1.68. The van der Waals surface area contributed by atoms with E-state index in [0.29, 0.717) is 34.0 Å². The maximum absolute atomic E-state index is 6.18. The molecule has 1 aliphatic heterocycles. The number of methoxy groups -OCH3 is 2. The molecule has 28 heavy (non-hydrogen) atoms. The number of ether oxygens (including phenoxy) is 2. The Kier molecular flexibility index (Phi) is 4.92. The van der Waals surface area contributed by atoms with E-state index < -0.39 is 0 Å². The van der Waals surface area contributed by atoms with Crippen molar-refractivity contribution in [3.05, 3.63) is 53.2 Å². The molecule has 1 N–H and O–H groups in total. The fourth-order valence-electron chi connectivity index (χ4n) is 3.42. The molecule has 0 amide bonds. The molecule has 1 atom stereocenters. The van der Waals surface area contributed by atoms with Crippen molar-refractivity contribution in [3.8, 4) is 11.5 Å². The van der Waals surface area contributed by atoms with Crippen LogP contribution in [0.3, 0.4) is 0 Å². The average Bonchev–Trinajstić information content (AvgIpc) is 3.04. The van der Waals surface area contributed by atoms with Crippen molar-refractivity contribution < 1.29 is 9.47 Å². The molecular formula is C20H20ClN5O2. The second-order valence-electron chi connectivity index (χ2n) is 6.51. The van der Waals surface area contributed by atoms with Gasteiger partial charge in [-0.05, 0) is 25.0 Å². The Morgan fingerprint density at radius 1 is 1.14 bits per heavy atom. The molecule has 1 aliphatic rings. The first-order valence-corrected chi connectivity index (χ1v) is 9.24. The summed E-state index contributed by atoms with van der Waals surface area (Å²) in [6.07, 6.45) is 2.51. The molecule has 3 aromatic rings. The zero-order valence-corrected chi connectivity index (χ0v) is 16.6. The monoisotopic (exact) mass is 397 g/mol. The lowest BCUT2D eigenvalue weighted by Crippen LogP contribution is -2.26. The van der Waals surface area contributed by atoms with Gasteiger partial charge in [-0.25, -0.2) is 0 Å². The van der Waals surface area contributed by atoms with E-state index in [1.54, 1.807) is 32.5 Å². The summed E-state index contributed by atoms with van der Waals surface area (Å²) in [5.74, 6) is 2.20. The van der Waals surface area contributed by atoms with Crippen LogP contribution in [0.4, 0.5) is 23.1 Å². The van der Waals surface area contributed by atoms with Crippen molar-refractivity contribution >= 4 is 34.7 Å². The lowest BCUT2D eigenvalue weighted by atomic mass is 10.1. The Hall–Kier alpha value is -3.06. The van der Waals surface area contributed by atoms with Gasteiger partial charge in [-0.15, -0.1) is 5.10 Å². The maximum Gasteiger partial charge on any atom is 0.252 e. The summed E-state index contributed by atoms with van der Waals surface area (Å²) in [6, 6.07) is 12.0. The lowest BCUT2D eigenvalue weighted by Gasteiger charge is -2.22. The molecule has 0 aliphatic carbocycles. The highest BCUT2D eigenvalue weighted by Crippen LogP contribution is 2.38. The summed E-state index contributed by atoms with van der Waals surface area (Å²) in [5.41, 5.74) is 3.06. The van der Waals surface area contributed by atoms with Crippen molar-refractivity contribution in [1.82, 2.24) is 15.2 Å². The molecule has 4 rings (SSSR count). The third-order valence-electron chi connectivity index (χ3n) is 4.71.